The highest BCUT2D eigenvalue weighted by Crippen LogP contribution is 2.53. The monoisotopic (exact) mass is 167 g/mol. The van der Waals surface area contributed by atoms with Crippen molar-refractivity contribution in [2.45, 2.75) is 37.8 Å². The molecule has 4 bridgehead atoms. The molecule has 4 fully saturated rings. The fourth-order valence-electron chi connectivity index (χ4n) is 3.90. The molecule has 4 aliphatic carbocycles. The summed E-state index contributed by atoms with van der Waals surface area (Å²) in [5.41, 5.74) is 6.13. The Labute approximate surface area is 73.1 Å². The molecule has 0 aromatic rings. The Morgan fingerprint density at radius 3 is 1.67 bits per heavy atom. The molecule has 0 amide bonds. The van der Waals surface area contributed by atoms with Gasteiger partial charge in [0.2, 0.25) is 0 Å². The number of aliphatic hydroxyl groups excluding tert-OH is 1. The normalized spacial score (nSPS) is 62.5. The number of nitrogens with two attached hydrogens (primary N) is 1. The molecule has 4 aliphatic rings. The van der Waals surface area contributed by atoms with Gasteiger partial charge in [-0.05, 0) is 49.4 Å². The highest BCUT2D eigenvalue weighted by molar-refractivity contribution is 5.03. The third-order valence-corrected chi connectivity index (χ3v) is 4.48. The van der Waals surface area contributed by atoms with Gasteiger partial charge in [0.15, 0.2) is 0 Å². The molecule has 2 heteroatoms. The predicted molar refractivity (Wildman–Crippen MR) is 46.4 cm³/mol. The average Bonchev–Trinajstić information content (AvgIpc) is 2.02. The van der Waals surface area contributed by atoms with Crippen LogP contribution in [-0.4, -0.2) is 17.3 Å². The van der Waals surface area contributed by atoms with Gasteiger partial charge in [0.25, 0.3) is 0 Å². The summed E-state index contributed by atoms with van der Waals surface area (Å²) in [6, 6.07) is 0.463. The second-order valence-corrected chi connectivity index (χ2v) is 5.05. The minimum atomic E-state index is 0.0185. The molecule has 12 heavy (non-hydrogen) atoms. The summed E-state index contributed by atoms with van der Waals surface area (Å²) in [6.07, 6.45) is 4.83. The van der Waals surface area contributed by atoms with Crippen molar-refractivity contribution in [3.05, 3.63) is 0 Å². The first-order chi connectivity index (χ1) is 5.75. The van der Waals surface area contributed by atoms with Crippen LogP contribution in [0.25, 0.3) is 0 Å². The predicted octanol–water partition coefficient (Wildman–Crippen LogP) is 0.741. The van der Waals surface area contributed by atoms with Gasteiger partial charge in [-0.15, -0.1) is 0 Å². The van der Waals surface area contributed by atoms with E-state index in [9.17, 15) is 5.11 Å². The SMILES string of the molecule is NC1C2CC3CC1CC(C2)C3O. The lowest BCUT2D eigenvalue weighted by Crippen LogP contribution is -2.57. The van der Waals surface area contributed by atoms with E-state index in [0.29, 0.717) is 17.9 Å². The standard InChI is InChI=1S/C10H17NO/c11-9-5-1-7-3-6(9)4-8(2-5)10(7)12/h5-10,12H,1-4,11H2. The molecule has 4 rings (SSSR count). The molecule has 68 valence electrons. The molecule has 4 saturated carbocycles. The van der Waals surface area contributed by atoms with Gasteiger partial charge < -0.3 is 10.8 Å². The quantitative estimate of drug-likeness (QED) is 0.559. The third-order valence-electron chi connectivity index (χ3n) is 4.48. The van der Waals surface area contributed by atoms with Gasteiger partial charge in [-0.3, -0.25) is 0 Å². The lowest BCUT2D eigenvalue weighted by Gasteiger charge is -2.55. The Bertz CT molecular complexity index is 156. The van der Waals surface area contributed by atoms with E-state index >= 15 is 0 Å². The molecule has 0 atom stereocenters. The summed E-state index contributed by atoms with van der Waals surface area (Å²) >= 11 is 0. The Balaban J connectivity index is 1.91. The van der Waals surface area contributed by atoms with Gasteiger partial charge in [-0.1, -0.05) is 0 Å². The highest BCUT2D eigenvalue weighted by atomic mass is 16.3. The number of hydrogen-bond acceptors (Lipinski definition) is 2. The van der Waals surface area contributed by atoms with Crippen molar-refractivity contribution < 1.29 is 5.11 Å². The number of aliphatic hydroxyl groups is 1. The zero-order chi connectivity index (χ0) is 8.29. The van der Waals surface area contributed by atoms with E-state index in [1.54, 1.807) is 0 Å². The van der Waals surface area contributed by atoms with Gasteiger partial charge in [0, 0.05) is 6.04 Å². The number of rotatable bonds is 0. The molecule has 0 saturated heterocycles. The lowest BCUT2D eigenvalue weighted by molar-refractivity contribution is -0.101. The Kier molecular flexibility index (Phi) is 1.37. The maximum absolute atomic E-state index is 9.87. The van der Waals surface area contributed by atoms with E-state index in [1.807, 2.05) is 0 Å². The van der Waals surface area contributed by atoms with Crippen molar-refractivity contribution in [3.63, 3.8) is 0 Å². The molecule has 0 aromatic heterocycles. The van der Waals surface area contributed by atoms with Crippen molar-refractivity contribution in [3.8, 4) is 0 Å². The van der Waals surface area contributed by atoms with E-state index in [-0.39, 0.29) is 6.10 Å². The summed E-state index contributed by atoms with van der Waals surface area (Å²) in [5, 5.41) is 9.87. The molecule has 0 aromatic carbocycles. The van der Waals surface area contributed by atoms with Gasteiger partial charge in [0.1, 0.15) is 0 Å². The maximum atomic E-state index is 9.87. The minimum Gasteiger partial charge on any atom is -0.393 e. The zero-order valence-corrected chi connectivity index (χ0v) is 7.32. The van der Waals surface area contributed by atoms with Crippen LogP contribution in [-0.2, 0) is 0 Å². The Morgan fingerprint density at radius 2 is 1.25 bits per heavy atom. The van der Waals surface area contributed by atoms with Crippen molar-refractivity contribution in [1.29, 1.82) is 0 Å². The molecule has 0 unspecified atom stereocenters. The summed E-state index contributed by atoms with van der Waals surface area (Å²) in [7, 11) is 0. The molecular weight excluding hydrogens is 150 g/mol. The second kappa shape index (κ2) is 2.24. The van der Waals surface area contributed by atoms with Crippen molar-refractivity contribution in [2.24, 2.45) is 29.4 Å². The second-order valence-electron chi connectivity index (χ2n) is 5.05. The Morgan fingerprint density at radius 1 is 0.833 bits per heavy atom. The highest BCUT2D eigenvalue weighted by Gasteiger charge is 2.51. The van der Waals surface area contributed by atoms with Crippen LogP contribution < -0.4 is 5.73 Å². The van der Waals surface area contributed by atoms with Crippen LogP contribution in [0.1, 0.15) is 25.7 Å². The molecular formula is C10H17NO. The number of hydrogen-bond donors (Lipinski definition) is 2. The van der Waals surface area contributed by atoms with Gasteiger partial charge in [0.05, 0.1) is 6.10 Å². The summed E-state index contributed by atoms with van der Waals surface area (Å²) in [6.45, 7) is 0. The van der Waals surface area contributed by atoms with Crippen LogP contribution in [0, 0.1) is 23.7 Å². The lowest BCUT2D eigenvalue weighted by atomic mass is 9.53. The molecule has 2 nitrogen and oxygen atoms in total. The van der Waals surface area contributed by atoms with Crippen LogP contribution in [0.2, 0.25) is 0 Å². The van der Waals surface area contributed by atoms with Crippen LogP contribution in [0.4, 0.5) is 0 Å². The minimum absolute atomic E-state index is 0.0185. The van der Waals surface area contributed by atoms with Crippen molar-refractivity contribution in [1.82, 2.24) is 0 Å². The van der Waals surface area contributed by atoms with E-state index in [1.165, 1.54) is 25.7 Å². The average molecular weight is 167 g/mol. The first-order valence-electron chi connectivity index (χ1n) is 5.19. The zero-order valence-electron chi connectivity index (χ0n) is 7.32. The summed E-state index contributed by atoms with van der Waals surface area (Å²) in [4.78, 5) is 0. The summed E-state index contributed by atoms with van der Waals surface area (Å²) in [5.74, 6) is 2.70. The van der Waals surface area contributed by atoms with Gasteiger partial charge in [-0.25, -0.2) is 0 Å². The smallest absolute Gasteiger partial charge is 0.0596 e. The first kappa shape index (κ1) is 7.34. The topological polar surface area (TPSA) is 46.2 Å². The molecule has 0 heterocycles. The van der Waals surface area contributed by atoms with Crippen LogP contribution in [0.15, 0.2) is 0 Å². The summed E-state index contributed by atoms with van der Waals surface area (Å²) < 4.78 is 0. The van der Waals surface area contributed by atoms with Crippen LogP contribution in [0.5, 0.6) is 0 Å². The largest absolute Gasteiger partial charge is 0.393 e. The molecule has 3 N–H and O–H groups in total. The van der Waals surface area contributed by atoms with Crippen LogP contribution in [0.3, 0.4) is 0 Å². The van der Waals surface area contributed by atoms with E-state index in [0.717, 1.165) is 11.8 Å². The van der Waals surface area contributed by atoms with Crippen LogP contribution >= 0.6 is 0 Å². The van der Waals surface area contributed by atoms with Gasteiger partial charge in [-0.2, -0.15) is 0 Å². The third kappa shape index (κ3) is 0.775. The van der Waals surface area contributed by atoms with E-state index in [2.05, 4.69) is 0 Å². The van der Waals surface area contributed by atoms with E-state index < -0.39 is 0 Å². The maximum Gasteiger partial charge on any atom is 0.0596 e. The molecule has 0 radical (unpaired) electrons. The van der Waals surface area contributed by atoms with E-state index in [4.69, 9.17) is 5.73 Å². The van der Waals surface area contributed by atoms with Crippen molar-refractivity contribution >= 4 is 0 Å². The fraction of sp³-hybridized carbons (Fsp3) is 1.00. The first-order valence-corrected chi connectivity index (χ1v) is 5.19. The molecule has 0 spiro atoms. The fourth-order valence-corrected chi connectivity index (χ4v) is 3.90. The molecule has 0 aliphatic heterocycles. The van der Waals surface area contributed by atoms with Gasteiger partial charge >= 0.3 is 0 Å². The Hall–Kier alpha value is -0.0800. The van der Waals surface area contributed by atoms with Crippen molar-refractivity contribution in [2.75, 3.05) is 0 Å².